The minimum atomic E-state index is -4.63. The van der Waals surface area contributed by atoms with Crippen LogP contribution in [0.2, 0.25) is 0 Å². The van der Waals surface area contributed by atoms with E-state index in [0.29, 0.717) is 9.87 Å². The first-order valence-corrected chi connectivity index (χ1v) is 8.20. The summed E-state index contributed by atoms with van der Waals surface area (Å²) < 4.78 is 63.1. The molecule has 4 nitrogen and oxygen atoms in total. The first-order chi connectivity index (χ1) is 9.49. The third-order valence-electron chi connectivity index (χ3n) is 2.68. The van der Waals surface area contributed by atoms with Crippen LogP contribution in [0, 0.1) is 0 Å². The summed E-state index contributed by atoms with van der Waals surface area (Å²) in [4.78, 5) is -0.266. The number of alkyl halides is 3. The molecule has 0 bridgehead atoms. The Bertz CT molecular complexity index is 602. The maximum atomic E-state index is 12.6. The summed E-state index contributed by atoms with van der Waals surface area (Å²) in [5.74, 6) is 0. The highest BCUT2D eigenvalue weighted by Crippen LogP contribution is 2.29. The topological polar surface area (TPSA) is 57.6 Å². The van der Waals surface area contributed by atoms with Crippen LogP contribution < -0.4 is 0 Å². The Morgan fingerprint density at radius 1 is 1.33 bits per heavy atom. The highest BCUT2D eigenvalue weighted by molar-refractivity contribution is 9.10. The molecule has 21 heavy (non-hydrogen) atoms. The Hall–Kier alpha value is -0.640. The summed E-state index contributed by atoms with van der Waals surface area (Å²) in [6, 6.07) is 3.04. The Morgan fingerprint density at radius 3 is 2.29 bits per heavy atom. The van der Waals surface area contributed by atoms with Gasteiger partial charge in [-0.1, -0.05) is 6.07 Å². The molecular weight excluding hydrogens is 375 g/mol. The average Bonchev–Trinajstić information content (AvgIpc) is 2.33. The second kappa shape index (κ2) is 6.64. The van der Waals surface area contributed by atoms with E-state index in [1.54, 1.807) is 0 Å². The van der Waals surface area contributed by atoms with Gasteiger partial charge in [0.2, 0.25) is 10.0 Å². The standard InChI is InChI=1S/C12H15BrF3NO3S/c1-8(2)17(7-12(14,15)16)21(19,20)11-4-3-9(6-18)5-10(11)13/h3-5,8,18H,6-7H2,1-2H3. The quantitative estimate of drug-likeness (QED) is 0.841. The number of hydrogen-bond acceptors (Lipinski definition) is 3. The molecule has 0 spiro atoms. The first kappa shape index (κ1) is 18.4. The number of sulfonamides is 1. The molecule has 120 valence electrons. The molecule has 0 aliphatic heterocycles. The van der Waals surface area contributed by atoms with Gasteiger partial charge < -0.3 is 5.11 Å². The van der Waals surface area contributed by atoms with Crippen LogP contribution >= 0.6 is 15.9 Å². The van der Waals surface area contributed by atoms with Crippen LogP contribution in [0.1, 0.15) is 19.4 Å². The van der Waals surface area contributed by atoms with Gasteiger partial charge >= 0.3 is 6.18 Å². The lowest BCUT2D eigenvalue weighted by atomic mass is 10.2. The zero-order valence-electron chi connectivity index (χ0n) is 11.4. The van der Waals surface area contributed by atoms with Gasteiger partial charge in [0.1, 0.15) is 6.54 Å². The Kier molecular flexibility index (Phi) is 5.82. The van der Waals surface area contributed by atoms with Gasteiger partial charge in [-0.3, -0.25) is 0 Å². The zero-order chi connectivity index (χ0) is 16.4. The van der Waals surface area contributed by atoms with Crippen molar-refractivity contribution in [3.8, 4) is 0 Å². The van der Waals surface area contributed by atoms with E-state index in [-0.39, 0.29) is 16.0 Å². The van der Waals surface area contributed by atoms with Crippen LogP contribution in [0.5, 0.6) is 0 Å². The molecule has 0 heterocycles. The summed E-state index contributed by atoms with van der Waals surface area (Å²) >= 11 is 3.02. The first-order valence-electron chi connectivity index (χ1n) is 5.97. The van der Waals surface area contributed by atoms with Gasteiger partial charge in [-0.05, 0) is 47.5 Å². The predicted octanol–water partition coefficient (Wildman–Crippen LogP) is 2.90. The fourth-order valence-corrected chi connectivity index (χ4v) is 4.41. The number of halogens is 4. The molecule has 0 fully saturated rings. The molecule has 0 atom stereocenters. The van der Waals surface area contributed by atoms with Gasteiger partial charge in [-0.25, -0.2) is 8.42 Å². The molecule has 0 unspecified atom stereocenters. The summed E-state index contributed by atoms with van der Waals surface area (Å²) in [6.07, 6.45) is -4.63. The van der Waals surface area contributed by atoms with E-state index in [0.717, 1.165) is 0 Å². The summed E-state index contributed by atoms with van der Waals surface area (Å²) in [5, 5.41) is 8.98. The Morgan fingerprint density at radius 2 is 1.90 bits per heavy atom. The zero-order valence-corrected chi connectivity index (χ0v) is 13.8. The summed E-state index contributed by atoms with van der Waals surface area (Å²) in [5.41, 5.74) is 0.452. The van der Waals surface area contributed by atoms with Crippen LogP contribution in [0.15, 0.2) is 27.6 Å². The van der Waals surface area contributed by atoms with E-state index >= 15 is 0 Å². The van der Waals surface area contributed by atoms with Crippen molar-refractivity contribution >= 4 is 26.0 Å². The van der Waals surface area contributed by atoms with Gasteiger partial charge in [0, 0.05) is 10.5 Å². The van der Waals surface area contributed by atoms with Crippen molar-refractivity contribution in [2.75, 3.05) is 6.54 Å². The minimum Gasteiger partial charge on any atom is -0.392 e. The lowest BCUT2D eigenvalue weighted by Crippen LogP contribution is -2.43. The van der Waals surface area contributed by atoms with Crippen LogP contribution in [0.4, 0.5) is 13.2 Å². The number of aliphatic hydroxyl groups excluding tert-OH is 1. The van der Waals surface area contributed by atoms with E-state index in [1.807, 2.05) is 0 Å². The molecule has 0 saturated heterocycles. The molecule has 0 radical (unpaired) electrons. The minimum absolute atomic E-state index is 0.113. The van der Waals surface area contributed by atoms with Crippen molar-refractivity contribution in [1.29, 1.82) is 0 Å². The second-order valence-electron chi connectivity index (χ2n) is 4.68. The fraction of sp³-hybridized carbons (Fsp3) is 0.500. The fourth-order valence-electron chi connectivity index (χ4n) is 1.70. The summed E-state index contributed by atoms with van der Waals surface area (Å²) in [7, 11) is -4.30. The average molecular weight is 390 g/mol. The third kappa shape index (κ3) is 4.67. The maximum absolute atomic E-state index is 12.6. The normalized spacial score (nSPS) is 13.2. The molecule has 0 saturated carbocycles. The number of hydrogen-bond donors (Lipinski definition) is 1. The van der Waals surface area contributed by atoms with Crippen molar-refractivity contribution < 1.29 is 26.7 Å². The molecule has 0 aliphatic rings. The van der Waals surface area contributed by atoms with Gasteiger partial charge in [0.15, 0.2) is 0 Å². The van der Waals surface area contributed by atoms with E-state index in [2.05, 4.69) is 15.9 Å². The number of aliphatic hydroxyl groups is 1. The summed E-state index contributed by atoms with van der Waals surface area (Å²) in [6.45, 7) is 0.898. The molecule has 9 heteroatoms. The van der Waals surface area contributed by atoms with Gasteiger partial charge in [-0.2, -0.15) is 17.5 Å². The Balaban J connectivity index is 3.30. The SMILES string of the molecule is CC(C)N(CC(F)(F)F)S(=O)(=O)c1ccc(CO)cc1Br. The van der Waals surface area contributed by atoms with Crippen molar-refractivity contribution in [3.05, 3.63) is 28.2 Å². The number of rotatable bonds is 5. The van der Waals surface area contributed by atoms with E-state index in [9.17, 15) is 21.6 Å². The number of nitrogens with zero attached hydrogens (tertiary/aromatic N) is 1. The molecule has 0 aromatic heterocycles. The van der Waals surface area contributed by atoms with E-state index in [4.69, 9.17) is 5.11 Å². The second-order valence-corrected chi connectivity index (χ2v) is 7.40. The predicted molar refractivity (Wildman–Crippen MR) is 75.1 cm³/mol. The third-order valence-corrected chi connectivity index (χ3v) is 5.68. The van der Waals surface area contributed by atoms with E-state index in [1.165, 1.54) is 32.0 Å². The van der Waals surface area contributed by atoms with Crippen molar-refractivity contribution in [2.45, 2.75) is 37.6 Å². The number of benzene rings is 1. The van der Waals surface area contributed by atoms with Crippen molar-refractivity contribution in [2.24, 2.45) is 0 Å². The van der Waals surface area contributed by atoms with Crippen molar-refractivity contribution in [3.63, 3.8) is 0 Å². The van der Waals surface area contributed by atoms with Crippen molar-refractivity contribution in [1.82, 2.24) is 4.31 Å². The maximum Gasteiger partial charge on any atom is 0.402 e. The van der Waals surface area contributed by atoms with Crippen LogP contribution in [0.3, 0.4) is 0 Å². The monoisotopic (exact) mass is 389 g/mol. The molecule has 1 rings (SSSR count). The highest BCUT2D eigenvalue weighted by Gasteiger charge is 2.39. The molecule has 1 N–H and O–H groups in total. The molecular formula is C12H15BrF3NO3S. The van der Waals surface area contributed by atoms with Gasteiger partial charge in [0.05, 0.1) is 11.5 Å². The Labute approximate surface area is 129 Å². The molecule has 0 aliphatic carbocycles. The smallest absolute Gasteiger partial charge is 0.392 e. The lowest BCUT2D eigenvalue weighted by molar-refractivity contribution is -0.138. The molecule has 0 amide bonds. The van der Waals surface area contributed by atoms with Gasteiger partial charge in [0.25, 0.3) is 0 Å². The largest absolute Gasteiger partial charge is 0.402 e. The molecule has 1 aromatic rings. The highest BCUT2D eigenvalue weighted by atomic mass is 79.9. The van der Waals surface area contributed by atoms with Gasteiger partial charge in [-0.15, -0.1) is 0 Å². The van der Waals surface area contributed by atoms with Crippen LogP contribution in [-0.2, 0) is 16.6 Å². The van der Waals surface area contributed by atoms with E-state index < -0.39 is 28.8 Å². The van der Waals surface area contributed by atoms with Crippen LogP contribution in [0.25, 0.3) is 0 Å². The van der Waals surface area contributed by atoms with Crippen LogP contribution in [-0.4, -0.2) is 36.6 Å². The molecule has 1 aromatic carbocycles. The lowest BCUT2D eigenvalue weighted by Gasteiger charge is -2.27.